The summed E-state index contributed by atoms with van der Waals surface area (Å²) in [6.45, 7) is 2.35. The highest BCUT2D eigenvalue weighted by Gasteiger charge is 2.23. The van der Waals surface area contributed by atoms with Crippen molar-refractivity contribution < 1.29 is 24.1 Å². The first-order valence-corrected chi connectivity index (χ1v) is 10.3. The van der Waals surface area contributed by atoms with E-state index in [0.29, 0.717) is 39.2 Å². The minimum absolute atomic E-state index is 0.164. The van der Waals surface area contributed by atoms with E-state index in [1.165, 1.54) is 32.7 Å². The third-order valence-corrected chi connectivity index (χ3v) is 5.87. The van der Waals surface area contributed by atoms with Gasteiger partial charge in [-0.05, 0) is 24.6 Å². The van der Waals surface area contributed by atoms with E-state index in [9.17, 15) is 9.90 Å². The van der Waals surface area contributed by atoms with Crippen LogP contribution < -0.4 is 19.1 Å². The number of hydrogen-bond acceptors (Lipinski definition) is 6. The molecule has 1 amide bonds. The molecular formula is C23H25NO5S. The molecule has 3 rings (SSSR count). The van der Waals surface area contributed by atoms with Gasteiger partial charge < -0.3 is 24.2 Å². The number of benzene rings is 2. The second-order valence-electron chi connectivity index (χ2n) is 6.45. The molecule has 0 radical (unpaired) electrons. The zero-order valence-electron chi connectivity index (χ0n) is 17.4. The maximum absolute atomic E-state index is 13.2. The smallest absolute Gasteiger partial charge is 0.268 e. The zero-order valence-corrected chi connectivity index (χ0v) is 18.2. The van der Waals surface area contributed by atoms with Crippen molar-refractivity contribution >= 4 is 22.9 Å². The Hall–Kier alpha value is -3.03. The molecule has 2 aromatic carbocycles. The molecule has 0 aliphatic carbocycles. The van der Waals surface area contributed by atoms with Crippen molar-refractivity contribution in [2.45, 2.75) is 13.0 Å². The summed E-state index contributed by atoms with van der Waals surface area (Å²) in [6, 6.07) is 16.4. The molecule has 6 nitrogen and oxygen atoms in total. The van der Waals surface area contributed by atoms with Gasteiger partial charge >= 0.3 is 0 Å². The van der Waals surface area contributed by atoms with Gasteiger partial charge in [0, 0.05) is 23.6 Å². The van der Waals surface area contributed by atoms with Crippen LogP contribution in [0.3, 0.4) is 0 Å². The molecule has 1 unspecified atom stereocenters. The van der Waals surface area contributed by atoms with Gasteiger partial charge in [0.2, 0.25) is 5.75 Å². The summed E-state index contributed by atoms with van der Waals surface area (Å²) in [7, 11) is 4.61. The predicted molar refractivity (Wildman–Crippen MR) is 118 cm³/mol. The number of aliphatic hydroxyl groups is 1. The van der Waals surface area contributed by atoms with E-state index in [1.807, 2.05) is 37.3 Å². The molecule has 0 aliphatic heterocycles. The summed E-state index contributed by atoms with van der Waals surface area (Å²) in [4.78, 5) is 16.1. The second kappa shape index (κ2) is 9.65. The van der Waals surface area contributed by atoms with Crippen LogP contribution in [0.15, 0.2) is 54.6 Å². The van der Waals surface area contributed by atoms with Gasteiger partial charge in [0.25, 0.3) is 5.91 Å². The Morgan fingerprint density at radius 3 is 2.17 bits per heavy atom. The number of carbonyl (C=O) groups is 1. The van der Waals surface area contributed by atoms with E-state index in [1.54, 1.807) is 29.2 Å². The monoisotopic (exact) mass is 427 g/mol. The number of aliphatic hydroxyl groups excluding tert-OH is 1. The first kappa shape index (κ1) is 21.7. The lowest BCUT2D eigenvalue weighted by molar-refractivity contribution is 0.0992. The van der Waals surface area contributed by atoms with Crippen molar-refractivity contribution in [1.82, 2.24) is 0 Å². The number of methoxy groups -OCH3 is 3. The normalized spacial score (nSPS) is 11.6. The maximum Gasteiger partial charge on any atom is 0.268 e. The molecule has 7 heteroatoms. The molecule has 158 valence electrons. The maximum atomic E-state index is 13.2. The highest BCUT2D eigenvalue weighted by Crippen LogP contribution is 2.41. The minimum atomic E-state index is -0.769. The van der Waals surface area contributed by atoms with Gasteiger partial charge in [0.05, 0.1) is 31.9 Å². The number of rotatable bonds is 8. The quantitative estimate of drug-likeness (QED) is 0.572. The highest BCUT2D eigenvalue weighted by molar-refractivity contribution is 7.14. The van der Waals surface area contributed by atoms with E-state index < -0.39 is 6.10 Å². The van der Waals surface area contributed by atoms with Crippen LogP contribution in [0.25, 0.3) is 0 Å². The lowest BCUT2D eigenvalue weighted by Crippen LogP contribution is -2.30. The van der Waals surface area contributed by atoms with E-state index in [2.05, 4.69) is 0 Å². The summed E-state index contributed by atoms with van der Waals surface area (Å²) in [5, 5.41) is 10.6. The molecule has 0 bridgehead atoms. The van der Waals surface area contributed by atoms with Crippen LogP contribution in [0.2, 0.25) is 0 Å². The number of amides is 1. The van der Waals surface area contributed by atoms with E-state index in [0.717, 1.165) is 5.56 Å². The van der Waals surface area contributed by atoms with Gasteiger partial charge in [-0.3, -0.25) is 4.79 Å². The second-order valence-corrected chi connectivity index (χ2v) is 7.56. The summed E-state index contributed by atoms with van der Waals surface area (Å²) >= 11 is 1.28. The average molecular weight is 428 g/mol. The molecule has 0 fully saturated rings. The molecule has 1 aromatic heterocycles. The minimum Gasteiger partial charge on any atom is -0.493 e. The van der Waals surface area contributed by atoms with Gasteiger partial charge in [-0.2, -0.15) is 0 Å². The first-order chi connectivity index (χ1) is 14.5. The van der Waals surface area contributed by atoms with Crippen LogP contribution in [0.1, 0.15) is 33.1 Å². The van der Waals surface area contributed by atoms with Crippen LogP contribution >= 0.6 is 11.3 Å². The Morgan fingerprint density at radius 2 is 1.63 bits per heavy atom. The van der Waals surface area contributed by atoms with E-state index in [4.69, 9.17) is 14.2 Å². The number of nitrogens with zero attached hydrogens (tertiary/aromatic N) is 1. The number of ether oxygens (including phenoxy) is 3. The Labute approximate surface area is 180 Å². The number of carbonyl (C=O) groups excluding carboxylic acids is 1. The Kier molecular flexibility index (Phi) is 6.97. The molecule has 1 heterocycles. The van der Waals surface area contributed by atoms with Crippen molar-refractivity contribution in [1.29, 1.82) is 0 Å². The van der Waals surface area contributed by atoms with Crippen molar-refractivity contribution in [2.24, 2.45) is 0 Å². The van der Waals surface area contributed by atoms with Crippen LogP contribution in [0.5, 0.6) is 17.2 Å². The third-order valence-electron chi connectivity index (χ3n) is 4.74. The Bertz CT molecular complexity index is 977. The van der Waals surface area contributed by atoms with Gasteiger partial charge in [0.15, 0.2) is 11.5 Å². The fourth-order valence-corrected chi connectivity index (χ4v) is 4.19. The molecule has 1 atom stereocenters. The molecule has 0 saturated heterocycles. The highest BCUT2D eigenvalue weighted by atomic mass is 32.1. The lowest BCUT2D eigenvalue weighted by Gasteiger charge is -2.23. The molecule has 1 N–H and O–H groups in total. The Morgan fingerprint density at radius 1 is 1.00 bits per heavy atom. The first-order valence-electron chi connectivity index (χ1n) is 9.48. The third kappa shape index (κ3) is 4.27. The SMILES string of the molecule is CCN(C(=O)c1ccc(C(O)c2ccccc2)s1)c1cc(OC)c(OC)c(OC)c1. The molecule has 3 aromatic rings. The van der Waals surface area contributed by atoms with Crippen LogP contribution in [0.4, 0.5) is 5.69 Å². The van der Waals surface area contributed by atoms with Crippen molar-refractivity contribution in [2.75, 3.05) is 32.8 Å². The largest absolute Gasteiger partial charge is 0.493 e. The van der Waals surface area contributed by atoms with Crippen LogP contribution in [-0.2, 0) is 0 Å². The number of anilines is 1. The van der Waals surface area contributed by atoms with Crippen LogP contribution in [0, 0.1) is 0 Å². The van der Waals surface area contributed by atoms with Crippen molar-refractivity contribution in [3.63, 3.8) is 0 Å². The Balaban J connectivity index is 1.91. The lowest BCUT2D eigenvalue weighted by atomic mass is 10.1. The number of thiophene rings is 1. The fourth-order valence-electron chi connectivity index (χ4n) is 3.21. The predicted octanol–water partition coefficient (Wildman–Crippen LogP) is 4.52. The topological polar surface area (TPSA) is 68.2 Å². The standard InChI is InChI=1S/C23H25NO5S/c1-5-24(16-13-17(27-2)22(29-4)18(14-16)28-3)23(26)20-12-11-19(30-20)21(25)15-9-7-6-8-10-15/h6-14,21,25H,5H2,1-4H3. The average Bonchev–Trinajstić information content (AvgIpc) is 3.29. The van der Waals surface area contributed by atoms with Gasteiger partial charge in [0.1, 0.15) is 6.10 Å². The summed E-state index contributed by atoms with van der Waals surface area (Å²) in [5.41, 5.74) is 1.42. The summed E-state index contributed by atoms with van der Waals surface area (Å²) < 4.78 is 16.2. The van der Waals surface area contributed by atoms with Gasteiger partial charge in [-0.1, -0.05) is 30.3 Å². The van der Waals surface area contributed by atoms with Gasteiger partial charge in [-0.25, -0.2) is 0 Å². The summed E-state index contributed by atoms with van der Waals surface area (Å²) in [6.07, 6.45) is -0.769. The molecule has 0 saturated carbocycles. The molecule has 30 heavy (non-hydrogen) atoms. The van der Waals surface area contributed by atoms with E-state index in [-0.39, 0.29) is 5.91 Å². The summed E-state index contributed by atoms with van der Waals surface area (Å²) in [5.74, 6) is 1.26. The fraction of sp³-hybridized carbons (Fsp3) is 0.261. The number of hydrogen-bond donors (Lipinski definition) is 1. The molecular weight excluding hydrogens is 402 g/mol. The molecule has 0 spiro atoms. The van der Waals surface area contributed by atoms with E-state index >= 15 is 0 Å². The zero-order chi connectivity index (χ0) is 21.7. The van der Waals surface area contributed by atoms with Gasteiger partial charge in [-0.15, -0.1) is 11.3 Å². The van der Waals surface area contributed by atoms with Crippen molar-refractivity contribution in [3.8, 4) is 17.2 Å². The molecule has 0 aliphatic rings. The van der Waals surface area contributed by atoms with Crippen molar-refractivity contribution in [3.05, 3.63) is 69.9 Å². The van der Waals surface area contributed by atoms with Crippen LogP contribution in [-0.4, -0.2) is 38.9 Å².